The maximum absolute atomic E-state index is 13.7. The van der Waals surface area contributed by atoms with Crippen LogP contribution in [0.1, 0.15) is 16.8 Å². The molecule has 0 saturated carbocycles. The summed E-state index contributed by atoms with van der Waals surface area (Å²) in [5.41, 5.74) is 2.03. The number of imidazole rings is 1. The van der Waals surface area contributed by atoms with Crippen molar-refractivity contribution in [1.82, 2.24) is 14.7 Å². The Hall–Kier alpha value is -2.42. The fourth-order valence-corrected chi connectivity index (χ4v) is 3.91. The zero-order valence-corrected chi connectivity index (χ0v) is 15.6. The van der Waals surface area contributed by atoms with Crippen LogP contribution in [0.2, 0.25) is 5.15 Å². The highest BCUT2D eigenvalue weighted by Gasteiger charge is 2.17. The molecule has 3 heterocycles. The van der Waals surface area contributed by atoms with Gasteiger partial charge < -0.3 is 14.8 Å². The predicted molar refractivity (Wildman–Crippen MR) is 101 cm³/mol. The molecule has 0 fully saturated rings. The lowest BCUT2D eigenvalue weighted by Gasteiger charge is -2.20. The minimum Gasteiger partial charge on any atom is -0.467 e. The summed E-state index contributed by atoms with van der Waals surface area (Å²) in [6.45, 7) is 0.805. The van der Waals surface area contributed by atoms with Crippen molar-refractivity contribution < 1.29 is 18.7 Å². The lowest BCUT2D eigenvalue weighted by atomic mass is 10.1. The molecule has 1 aliphatic heterocycles. The van der Waals surface area contributed by atoms with Gasteiger partial charge in [0, 0.05) is 29.8 Å². The molecule has 1 N–H and O–H groups in total. The van der Waals surface area contributed by atoms with Crippen LogP contribution in [0.5, 0.6) is 5.75 Å². The molecule has 140 valence electrons. The van der Waals surface area contributed by atoms with E-state index in [4.69, 9.17) is 21.1 Å². The Morgan fingerprint density at radius 2 is 2.37 bits per heavy atom. The zero-order chi connectivity index (χ0) is 18.8. The molecular formula is C18H15ClFN3O3S. The van der Waals surface area contributed by atoms with Gasteiger partial charge in [0.2, 0.25) is 5.91 Å². The van der Waals surface area contributed by atoms with Crippen molar-refractivity contribution in [1.29, 1.82) is 0 Å². The van der Waals surface area contributed by atoms with E-state index in [-0.39, 0.29) is 18.5 Å². The molecule has 6 nitrogen and oxygen atoms in total. The molecule has 9 heteroatoms. The SMILES string of the molecule is O=C(C=Cc1c(Cl)nc2sccn12)NCCc1cc(F)cc2c1OCOC2. The van der Waals surface area contributed by atoms with Gasteiger partial charge in [-0.15, -0.1) is 11.3 Å². The van der Waals surface area contributed by atoms with Crippen molar-refractivity contribution in [3.8, 4) is 5.75 Å². The van der Waals surface area contributed by atoms with Gasteiger partial charge in [-0.2, -0.15) is 0 Å². The molecule has 0 aliphatic carbocycles. The number of benzene rings is 1. The Morgan fingerprint density at radius 1 is 1.48 bits per heavy atom. The van der Waals surface area contributed by atoms with Crippen LogP contribution < -0.4 is 10.1 Å². The van der Waals surface area contributed by atoms with Crippen molar-refractivity contribution >= 4 is 39.9 Å². The first kappa shape index (κ1) is 18.0. The lowest BCUT2D eigenvalue weighted by molar-refractivity contribution is -0.116. The van der Waals surface area contributed by atoms with Crippen LogP contribution in [0, 0.1) is 5.82 Å². The molecule has 4 rings (SSSR count). The number of nitrogens with one attached hydrogen (secondary N) is 1. The number of amides is 1. The van der Waals surface area contributed by atoms with Crippen molar-refractivity contribution in [2.45, 2.75) is 13.0 Å². The third-order valence-electron chi connectivity index (χ3n) is 4.09. The number of aromatic nitrogens is 2. The lowest BCUT2D eigenvalue weighted by Crippen LogP contribution is -2.24. The summed E-state index contributed by atoms with van der Waals surface area (Å²) in [6.07, 6.45) is 5.31. The molecule has 1 aromatic carbocycles. The van der Waals surface area contributed by atoms with E-state index in [2.05, 4.69) is 10.3 Å². The summed E-state index contributed by atoms with van der Waals surface area (Å²) in [7, 11) is 0. The second-order valence-electron chi connectivity index (χ2n) is 5.88. The highest BCUT2D eigenvalue weighted by Crippen LogP contribution is 2.29. The number of thiazole rings is 1. The average Bonchev–Trinajstić information content (AvgIpc) is 3.20. The van der Waals surface area contributed by atoms with Gasteiger partial charge in [0.15, 0.2) is 16.9 Å². The second kappa shape index (κ2) is 7.67. The standard InChI is InChI=1S/C18H15ClFN3O3S/c19-17-14(23-5-6-27-18(23)22-17)1-2-15(24)21-4-3-11-7-13(20)8-12-9-25-10-26-16(11)12/h1-2,5-8H,3-4,9-10H2,(H,21,24). The fourth-order valence-electron chi connectivity index (χ4n) is 2.90. The molecule has 1 amide bonds. The number of halogens is 2. The van der Waals surface area contributed by atoms with Crippen LogP contribution in [-0.2, 0) is 22.6 Å². The number of hydrogen-bond donors (Lipinski definition) is 1. The Labute approximate surface area is 163 Å². The predicted octanol–water partition coefficient (Wildman–Crippen LogP) is 3.43. The van der Waals surface area contributed by atoms with E-state index in [1.165, 1.54) is 29.5 Å². The smallest absolute Gasteiger partial charge is 0.244 e. The number of rotatable bonds is 5. The molecule has 0 saturated heterocycles. The number of ether oxygens (including phenoxy) is 2. The maximum Gasteiger partial charge on any atom is 0.244 e. The minimum absolute atomic E-state index is 0.143. The van der Waals surface area contributed by atoms with Gasteiger partial charge in [-0.25, -0.2) is 9.37 Å². The number of fused-ring (bicyclic) bond motifs is 2. The van der Waals surface area contributed by atoms with Crippen LogP contribution in [0.3, 0.4) is 0 Å². The van der Waals surface area contributed by atoms with Crippen LogP contribution >= 0.6 is 22.9 Å². The second-order valence-corrected chi connectivity index (χ2v) is 7.11. The maximum atomic E-state index is 13.7. The number of nitrogens with zero attached hydrogens (tertiary/aromatic N) is 2. The monoisotopic (exact) mass is 407 g/mol. The third-order valence-corrected chi connectivity index (χ3v) is 5.13. The summed E-state index contributed by atoms with van der Waals surface area (Å²) >= 11 is 7.55. The van der Waals surface area contributed by atoms with Gasteiger partial charge in [-0.1, -0.05) is 11.6 Å². The Balaban J connectivity index is 1.38. The molecule has 27 heavy (non-hydrogen) atoms. The van der Waals surface area contributed by atoms with Crippen molar-refractivity contribution in [2.75, 3.05) is 13.3 Å². The number of hydrogen-bond acceptors (Lipinski definition) is 5. The van der Waals surface area contributed by atoms with Gasteiger partial charge in [0.1, 0.15) is 11.6 Å². The van der Waals surface area contributed by atoms with Crippen LogP contribution in [0.15, 0.2) is 29.8 Å². The van der Waals surface area contributed by atoms with E-state index in [9.17, 15) is 9.18 Å². The van der Waals surface area contributed by atoms with Gasteiger partial charge >= 0.3 is 0 Å². The van der Waals surface area contributed by atoms with Gasteiger partial charge in [0.25, 0.3) is 0 Å². The largest absolute Gasteiger partial charge is 0.467 e. The third kappa shape index (κ3) is 3.83. The summed E-state index contributed by atoms with van der Waals surface area (Å²) < 4.78 is 26.2. The number of carbonyl (C=O) groups excluding carboxylic acids is 1. The van der Waals surface area contributed by atoms with Crippen molar-refractivity contribution in [2.24, 2.45) is 0 Å². The first-order valence-corrected chi connectivity index (χ1v) is 9.46. The van der Waals surface area contributed by atoms with Gasteiger partial charge in [0.05, 0.1) is 12.3 Å². The van der Waals surface area contributed by atoms with Crippen molar-refractivity contribution in [3.63, 3.8) is 0 Å². The van der Waals surface area contributed by atoms with Crippen LogP contribution in [0.4, 0.5) is 4.39 Å². The van der Waals surface area contributed by atoms with E-state index >= 15 is 0 Å². The van der Waals surface area contributed by atoms with E-state index < -0.39 is 0 Å². The fraction of sp³-hybridized carbons (Fsp3) is 0.222. The molecule has 0 bridgehead atoms. The first-order valence-electron chi connectivity index (χ1n) is 8.20. The Bertz CT molecular complexity index is 1030. The van der Waals surface area contributed by atoms with Crippen LogP contribution in [0.25, 0.3) is 11.0 Å². The highest BCUT2D eigenvalue weighted by atomic mass is 35.5. The Morgan fingerprint density at radius 3 is 3.26 bits per heavy atom. The first-order chi connectivity index (χ1) is 13.1. The van der Waals surface area contributed by atoms with Gasteiger partial charge in [-0.05, 0) is 30.2 Å². The zero-order valence-electron chi connectivity index (χ0n) is 14.1. The molecule has 3 aromatic rings. The average molecular weight is 408 g/mol. The molecular weight excluding hydrogens is 393 g/mol. The summed E-state index contributed by atoms with van der Waals surface area (Å²) in [5, 5.41) is 5.01. The van der Waals surface area contributed by atoms with E-state index in [1.54, 1.807) is 6.08 Å². The summed E-state index contributed by atoms with van der Waals surface area (Å²) in [6, 6.07) is 2.82. The molecule has 1 aliphatic rings. The quantitative estimate of drug-likeness (QED) is 0.658. The van der Waals surface area contributed by atoms with Crippen molar-refractivity contribution in [3.05, 3.63) is 57.6 Å². The topological polar surface area (TPSA) is 64.9 Å². The summed E-state index contributed by atoms with van der Waals surface area (Å²) in [4.78, 5) is 17.0. The highest BCUT2D eigenvalue weighted by molar-refractivity contribution is 7.15. The molecule has 0 radical (unpaired) electrons. The molecule has 0 unspecified atom stereocenters. The minimum atomic E-state index is -0.348. The number of carbonyl (C=O) groups is 1. The van der Waals surface area contributed by atoms with E-state index in [1.807, 2.05) is 16.0 Å². The Kier molecular flexibility index (Phi) is 5.11. The summed E-state index contributed by atoms with van der Waals surface area (Å²) in [5.74, 6) is 0.0170. The van der Waals surface area contributed by atoms with E-state index in [0.717, 1.165) is 4.96 Å². The molecule has 2 aromatic heterocycles. The molecule has 0 spiro atoms. The normalized spacial score (nSPS) is 13.7. The molecule has 0 atom stereocenters. The van der Waals surface area contributed by atoms with Crippen LogP contribution in [-0.4, -0.2) is 28.6 Å². The van der Waals surface area contributed by atoms with Gasteiger partial charge in [-0.3, -0.25) is 9.20 Å². The van der Waals surface area contributed by atoms with E-state index in [0.29, 0.717) is 47.3 Å².